The van der Waals surface area contributed by atoms with E-state index in [4.69, 9.17) is 5.73 Å². The van der Waals surface area contributed by atoms with E-state index in [0.29, 0.717) is 12.8 Å². The Hall–Kier alpha value is -5.20. The number of aromatic nitrogens is 1. The van der Waals surface area contributed by atoms with Gasteiger partial charge in [0.2, 0.25) is 29.5 Å². The van der Waals surface area contributed by atoms with Crippen molar-refractivity contribution in [2.24, 2.45) is 11.7 Å². The highest BCUT2D eigenvalue weighted by molar-refractivity contribution is 5.99. The van der Waals surface area contributed by atoms with Crippen LogP contribution in [0.1, 0.15) is 49.3 Å². The number of primary amides is 1. The van der Waals surface area contributed by atoms with Crippen LogP contribution >= 0.6 is 0 Å². The topological polar surface area (TPSA) is 204 Å². The average Bonchev–Trinajstić information content (AvgIpc) is 3.64. The Morgan fingerprint density at radius 1 is 1.02 bits per heavy atom. The molecule has 5 amide bonds. The number of rotatable bonds is 12. The first-order chi connectivity index (χ1) is 22.5. The Kier molecular flexibility index (Phi) is 10.2. The van der Waals surface area contributed by atoms with Crippen molar-refractivity contribution in [3.8, 4) is 0 Å². The molecule has 1 saturated heterocycles. The molecule has 47 heavy (non-hydrogen) atoms. The minimum absolute atomic E-state index is 0.0736. The van der Waals surface area contributed by atoms with Crippen molar-refractivity contribution in [2.45, 2.75) is 76.0 Å². The summed E-state index contributed by atoms with van der Waals surface area (Å²) >= 11 is 0. The van der Waals surface area contributed by atoms with E-state index < -0.39 is 60.2 Å². The highest BCUT2D eigenvalue weighted by Crippen LogP contribution is 2.31. The minimum atomic E-state index is -1.54. The molecule has 1 fully saturated rings. The maximum Gasteiger partial charge on any atom is 0.305 e. The molecule has 0 saturated carbocycles. The summed E-state index contributed by atoms with van der Waals surface area (Å²) in [6, 6.07) is 9.89. The maximum absolute atomic E-state index is 14.1. The smallest absolute Gasteiger partial charge is 0.305 e. The molecule has 248 valence electrons. The summed E-state index contributed by atoms with van der Waals surface area (Å²) < 4.78 is 0. The summed E-state index contributed by atoms with van der Waals surface area (Å²) in [6.07, 6.45) is 3.31. The zero-order chi connectivity index (χ0) is 33.7. The molecule has 2 aliphatic rings. The first kappa shape index (κ1) is 33.2. The van der Waals surface area contributed by atoms with E-state index in [-0.39, 0.29) is 37.6 Å². The molecule has 7 N–H and O–H groups in total. The van der Waals surface area contributed by atoms with Crippen molar-refractivity contribution in [1.82, 2.24) is 25.8 Å². The van der Waals surface area contributed by atoms with Crippen LogP contribution in [0, 0.1) is 5.92 Å². The monoisotopic (exact) mass is 644 g/mol. The van der Waals surface area contributed by atoms with Crippen LogP contribution in [0.15, 0.2) is 54.7 Å². The summed E-state index contributed by atoms with van der Waals surface area (Å²) in [5.41, 5.74) is 8.87. The number of carbonyl (C=O) groups excluding carboxylic acids is 5. The Balaban J connectivity index is 1.36. The number of hydrogen-bond donors (Lipinski definition) is 6. The maximum atomic E-state index is 14.1. The Bertz CT molecular complexity index is 1670. The Morgan fingerprint density at radius 2 is 1.79 bits per heavy atom. The average molecular weight is 645 g/mol. The molecule has 2 aromatic carbocycles. The number of likely N-dealkylation sites (tertiary alicyclic amines) is 1. The number of carboxylic acids is 1. The molecule has 13 nitrogen and oxygen atoms in total. The lowest BCUT2D eigenvalue weighted by Crippen LogP contribution is -2.59. The van der Waals surface area contributed by atoms with Crippen molar-refractivity contribution in [3.63, 3.8) is 0 Å². The molecular weight excluding hydrogens is 604 g/mol. The van der Waals surface area contributed by atoms with E-state index in [0.717, 1.165) is 34.0 Å². The van der Waals surface area contributed by atoms with Gasteiger partial charge in [0.25, 0.3) is 0 Å². The first-order valence-electron chi connectivity index (χ1n) is 15.9. The molecule has 5 unspecified atom stereocenters. The minimum Gasteiger partial charge on any atom is -0.481 e. The third-order valence-electron chi connectivity index (χ3n) is 8.97. The van der Waals surface area contributed by atoms with Crippen molar-refractivity contribution in [2.75, 3.05) is 6.54 Å². The second kappa shape index (κ2) is 14.5. The fraction of sp³-hybridized carbons (Fsp3) is 0.412. The van der Waals surface area contributed by atoms with Crippen molar-refractivity contribution < 1.29 is 33.9 Å². The molecule has 5 rings (SSSR count). The molecule has 1 aromatic heterocycles. The molecule has 13 heteroatoms. The highest BCUT2D eigenvalue weighted by Gasteiger charge is 2.45. The molecule has 3 aromatic rings. The number of benzene rings is 2. The Morgan fingerprint density at radius 3 is 2.49 bits per heavy atom. The molecular formula is C34H40N6O7. The number of nitrogens with zero attached hydrogens (tertiary/aromatic N) is 1. The van der Waals surface area contributed by atoms with Gasteiger partial charge in [-0.1, -0.05) is 55.8 Å². The van der Waals surface area contributed by atoms with Crippen molar-refractivity contribution in [1.29, 1.82) is 0 Å². The highest BCUT2D eigenvalue weighted by atomic mass is 16.4. The van der Waals surface area contributed by atoms with E-state index in [9.17, 15) is 33.9 Å². The zero-order valence-corrected chi connectivity index (χ0v) is 26.2. The van der Waals surface area contributed by atoms with Gasteiger partial charge in [0.05, 0.1) is 12.8 Å². The molecule has 0 bridgehead atoms. The number of aromatic amines is 1. The third kappa shape index (κ3) is 7.62. The van der Waals surface area contributed by atoms with E-state index >= 15 is 0 Å². The van der Waals surface area contributed by atoms with Gasteiger partial charge in [0.1, 0.15) is 24.2 Å². The molecule has 3 heterocycles. The van der Waals surface area contributed by atoms with Gasteiger partial charge >= 0.3 is 5.97 Å². The van der Waals surface area contributed by atoms with Crippen LogP contribution in [0.25, 0.3) is 10.9 Å². The van der Waals surface area contributed by atoms with Crippen molar-refractivity contribution >= 4 is 46.4 Å². The number of hydrogen-bond acceptors (Lipinski definition) is 6. The summed E-state index contributed by atoms with van der Waals surface area (Å²) in [4.78, 5) is 83.0. The number of carboxylic acid groups (broad SMARTS) is 1. The fourth-order valence-electron chi connectivity index (χ4n) is 6.80. The predicted octanol–water partition coefficient (Wildman–Crippen LogP) is 0.941. The van der Waals surface area contributed by atoms with Gasteiger partial charge in [-0.3, -0.25) is 28.8 Å². The van der Waals surface area contributed by atoms with Gasteiger partial charge in [-0.15, -0.1) is 0 Å². The normalized spacial score (nSPS) is 20.4. The first-order valence-corrected chi connectivity index (χ1v) is 15.9. The summed E-state index contributed by atoms with van der Waals surface area (Å²) in [5.74, 6) is -4.72. The van der Waals surface area contributed by atoms with Gasteiger partial charge in [0, 0.05) is 36.5 Å². The van der Waals surface area contributed by atoms with Gasteiger partial charge in [0.15, 0.2) is 0 Å². The van der Waals surface area contributed by atoms with E-state index in [1.54, 1.807) is 30.3 Å². The fourth-order valence-corrected chi connectivity index (χ4v) is 6.80. The van der Waals surface area contributed by atoms with Crippen LogP contribution in [0.4, 0.5) is 0 Å². The van der Waals surface area contributed by atoms with Crippen LogP contribution in [0.5, 0.6) is 0 Å². The number of aliphatic carboxylic acids is 1. The molecule has 5 atom stereocenters. The third-order valence-corrected chi connectivity index (χ3v) is 8.97. The van der Waals surface area contributed by atoms with Gasteiger partial charge in [-0.2, -0.15) is 0 Å². The van der Waals surface area contributed by atoms with E-state index in [1.165, 1.54) is 4.90 Å². The van der Waals surface area contributed by atoms with E-state index in [2.05, 4.69) is 20.9 Å². The second-order valence-electron chi connectivity index (χ2n) is 12.3. The molecule has 2 aliphatic heterocycles. The quantitative estimate of drug-likeness (QED) is 0.168. The standard InChI is InChI=1S/C34H40N6O7/c1-2-7-20-12-13-40(34(47)26-15-22-18-36-23-11-6-10-21(29(22)23)16-27(41)37-26)30(20)33(46)39-25(17-28(42)43)32(45)38-24(31(35)44)14-19-8-4-3-5-9-19/h3-6,8-11,18,20,24-26,30,36H,2,7,12-17H2,1H3,(H2,35,44)(H,37,41)(H,38,45)(H,39,46)(H,42,43). The summed E-state index contributed by atoms with van der Waals surface area (Å²) in [6.45, 7) is 2.21. The SMILES string of the molecule is CCCC1CCN(C(=O)C2Cc3c[nH]c4cccc(c34)CC(=O)N2)C1C(=O)NC(CC(=O)O)C(=O)NC(Cc1ccccc1)C(N)=O. The number of H-pyrrole nitrogens is 1. The number of amides is 5. The lowest BCUT2D eigenvalue weighted by Gasteiger charge is -2.32. The summed E-state index contributed by atoms with van der Waals surface area (Å²) in [5, 5.41) is 18.4. The zero-order valence-electron chi connectivity index (χ0n) is 26.2. The van der Waals surface area contributed by atoms with Crippen LogP contribution in [-0.4, -0.2) is 81.2 Å². The number of nitrogens with one attached hydrogen (secondary N) is 4. The molecule has 0 spiro atoms. The lowest BCUT2D eigenvalue weighted by atomic mass is 9.93. The number of nitrogens with two attached hydrogens (primary N) is 1. The van der Waals surface area contributed by atoms with Gasteiger partial charge in [-0.05, 0) is 41.5 Å². The van der Waals surface area contributed by atoms with Crippen LogP contribution < -0.4 is 21.7 Å². The predicted molar refractivity (Wildman–Crippen MR) is 172 cm³/mol. The largest absolute Gasteiger partial charge is 0.481 e. The van der Waals surface area contributed by atoms with Crippen LogP contribution in [-0.2, 0) is 48.0 Å². The summed E-state index contributed by atoms with van der Waals surface area (Å²) in [7, 11) is 0. The van der Waals surface area contributed by atoms with Crippen molar-refractivity contribution in [3.05, 3.63) is 71.4 Å². The van der Waals surface area contributed by atoms with Crippen LogP contribution in [0.3, 0.4) is 0 Å². The van der Waals surface area contributed by atoms with Gasteiger partial charge in [-0.25, -0.2) is 0 Å². The van der Waals surface area contributed by atoms with E-state index in [1.807, 2.05) is 31.3 Å². The second-order valence-corrected chi connectivity index (χ2v) is 12.3. The van der Waals surface area contributed by atoms with Crippen LogP contribution in [0.2, 0.25) is 0 Å². The molecule has 0 radical (unpaired) electrons. The van der Waals surface area contributed by atoms with Gasteiger partial charge < -0.3 is 36.7 Å². The number of carbonyl (C=O) groups is 6. The lowest BCUT2D eigenvalue weighted by molar-refractivity contribution is -0.144. The Labute approximate surface area is 271 Å². The molecule has 0 aliphatic carbocycles.